The lowest BCUT2D eigenvalue weighted by Gasteiger charge is -2.47. The maximum Gasteiger partial charge on any atom is 0.335 e. The van der Waals surface area contributed by atoms with E-state index in [-0.39, 0.29) is 0 Å². The van der Waals surface area contributed by atoms with E-state index >= 15 is 0 Å². The number of rotatable bonds is 8. The van der Waals surface area contributed by atoms with Crippen LogP contribution < -0.4 is 5.32 Å². The van der Waals surface area contributed by atoms with Crippen LogP contribution in [0.1, 0.15) is 6.92 Å². The average Bonchev–Trinajstić information content (AvgIpc) is 2.86. The lowest BCUT2D eigenvalue weighted by Crippen LogP contribution is -2.68. The minimum Gasteiger partial charge on any atom is -0.479 e. The minimum absolute atomic E-state index is 0.692. The van der Waals surface area contributed by atoms with Gasteiger partial charge in [-0.2, -0.15) is 0 Å². The standard InChI is InChI=1S/C20H33NO17/c1-4(24)21-7-14(9(26)6(3-23)34-18(7)33)36-20-13(30)11(28)15(16(38-20)17(31)32)37-19-12(29)10(27)8(25)5(2-22)35-19/h5-16,18-20,22-23,25-30,33H,2-3H2,1H3,(H,21,24)(H,31,32)/t5-,6-,7-,8-,9-,10+,11-,12-,13-,14-,15+,16+,18+,19+,20-/m1/s1. The maximum atomic E-state index is 12.0. The fourth-order valence-corrected chi connectivity index (χ4v) is 4.42. The first-order chi connectivity index (χ1) is 17.8. The first kappa shape index (κ1) is 30.9. The van der Waals surface area contributed by atoms with Crippen LogP contribution in [-0.4, -0.2) is 168 Å². The number of aliphatic hydroxyl groups excluding tert-OH is 9. The second kappa shape index (κ2) is 12.7. The van der Waals surface area contributed by atoms with Crippen molar-refractivity contribution in [3.63, 3.8) is 0 Å². The van der Waals surface area contributed by atoms with E-state index < -0.39 is 117 Å². The molecule has 3 heterocycles. The van der Waals surface area contributed by atoms with Gasteiger partial charge in [0.1, 0.15) is 67.1 Å². The highest BCUT2D eigenvalue weighted by Crippen LogP contribution is 2.32. The Morgan fingerprint density at radius 1 is 0.711 bits per heavy atom. The lowest BCUT2D eigenvalue weighted by molar-refractivity contribution is -0.367. The van der Waals surface area contributed by atoms with E-state index in [1.165, 1.54) is 0 Å². The molecule has 0 aromatic rings. The van der Waals surface area contributed by atoms with Crippen LogP contribution in [0.5, 0.6) is 0 Å². The number of aliphatic carboxylic acids is 1. The van der Waals surface area contributed by atoms with Gasteiger partial charge in [-0.05, 0) is 0 Å². The van der Waals surface area contributed by atoms with Crippen molar-refractivity contribution in [2.24, 2.45) is 0 Å². The third-order valence-corrected chi connectivity index (χ3v) is 6.46. The molecule has 0 spiro atoms. The molecule has 0 aromatic heterocycles. The Morgan fingerprint density at radius 2 is 1.24 bits per heavy atom. The number of ether oxygens (including phenoxy) is 5. The van der Waals surface area contributed by atoms with E-state index in [0.29, 0.717) is 0 Å². The molecule has 3 aliphatic heterocycles. The molecule has 15 atom stereocenters. The summed E-state index contributed by atoms with van der Waals surface area (Å²) in [6, 6.07) is -1.48. The van der Waals surface area contributed by atoms with Crippen LogP contribution in [0.2, 0.25) is 0 Å². The number of carbonyl (C=O) groups excluding carboxylic acids is 1. The molecule has 0 radical (unpaired) electrons. The van der Waals surface area contributed by atoms with Crippen molar-refractivity contribution in [1.82, 2.24) is 5.32 Å². The normalized spacial score (nSPS) is 47.9. The molecule has 3 saturated heterocycles. The number of carboxylic acids is 1. The van der Waals surface area contributed by atoms with E-state index in [4.69, 9.17) is 23.7 Å². The molecule has 0 saturated carbocycles. The predicted molar refractivity (Wildman–Crippen MR) is 113 cm³/mol. The second-order valence-electron chi connectivity index (χ2n) is 9.11. The van der Waals surface area contributed by atoms with E-state index in [9.17, 15) is 60.7 Å². The van der Waals surface area contributed by atoms with Crippen LogP contribution >= 0.6 is 0 Å². The molecule has 1 amide bonds. The van der Waals surface area contributed by atoms with Crippen LogP contribution in [-0.2, 0) is 33.3 Å². The average molecular weight is 559 g/mol. The fourth-order valence-electron chi connectivity index (χ4n) is 4.42. The van der Waals surface area contributed by atoms with Gasteiger partial charge in [-0.25, -0.2) is 4.79 Å². The Hall–Kier alpha value is -1.62. The SMILES string of the molecule is CC(=O)N[C@@H]1[C@@H](O[C@@H]2O[C@H](C(=O)O)[C@@H](O[C@@H]3O[C@H](CO)[C@@H](O)[C@H](O)[C@H]3O)[C@H](O)[C@H]2O)[C@H](O)[C@@H](CO)O[C@@H]1O. The number of carboxylic acid groups (broad SMARTS) is 1. The first-order valence-electron chi connectivity index (χ1n) is 11.6. The molecule has 0 bridgehead atoms. The summed E-state index contributed by atoms with van der Waals surface area (Å²) in [5, 5.41) is 103. The van der Waals surface area contributed by atoms with Crippen LogP contribution in [0.3, 0.4) is 0 Å². The summed E-state index contributed by atoms with van der Waals surface area (Å²) in [7, 11) is 0. The second-order valence-corrected chi connectivity index (χ2v) is 9.11. The van der Waals surface area contributed by atoms with Crippen LogP contribution in [0.4, 0.5) is 0 Å². The Kier molecular flexibility index (Phi) is 10.3. The summed E-state index contributed by atoms with van der Waals surface area (Å²) < 4.78 is 26.3. The van der Waals surface area contributed by atoms with Crippen molar-refractivity contribution >= 4 is 11.9 Å². The number of hydrogen-bond acceptors (Lipinski definition) is 16. The molecule has 38 heavy (non-hydrogen) atoms. The van der Waals surface area contributed by atoms with E-state index in [2.05, 4.69) is 5.32 Å². The Morgan fingerprint density at radius 3 is 1.79 bits per heavy atom. The predicted octanol–water partition coefficient (Wildman–Crippen LogP) is -7.34. The number of aliphatic hydroxyl groups is 9. The van der Waals surface area contributed by atoms with Crippen molar-refractivity contribution in [2.75, 3.05) is 13.2 Å². The van der Waals surface area contributed by atoms with E-state index in [1.54, 1.807) is 0 Å². The van der Waals surface area contributed by atoms with Crippen molar-refractivity contribution in [2.45, 2.75) is 99.0 Å². The lowest BCUT2D eigenvalue weighted by atomic mass is 9.95. The van der Waals surface area contributed by atoms with Crippen LogP contribution in [0, 0.1) is 0 Å². The van der Waals surface area contributed by atoms with Gasteiger partial charge >= 0.3 is 5.97 Å². The number of nitrogens with one attached hydrogen (secondary N) is 1. The quantitative estimate of drug-likeness (QED) is 0.132. The largest absolute Gasteiger partial charge is 0.479 e. The highest BCUT2D eigenvalue weighted by molar-refractivity contribution is 5.73. The monoisotopic (exact) mass is 559 g/mol. The third kappa shape index (κ3) is 6.24. The van der Waals surface area contributed by atoms with E-state index in [0.717, 1.165) is 6.92 Å². The van der Waals surface area contributed by atoms with Gasteiger partial charge in [-0.3, -0.25) is 4.79 Å². The van der Waals surface area contributed by atoms with E-state index in [1.807, 2.05) is 0 Å². The third-order valence-electron chi connectivity index (χ3n) is 6.46. The van der Waals surface area contributed by atoms with Crippen LogP contribution in [0.15, 0.2) is 0 Å². The zero-order valence-electron chi connectivity index (χ0n) is 19.9. The molecule has 0 unspecified atom stereocenters. The van der Waals surface area contributed by atoms with Crippen molar-refractivity contribution in [1.29, 1.82) is 0 Å². The van der Waals surface area contributed by atoms with Crippen molar-refractivity contribution < 1.29 is 84.3 Å². The van der Waals surface area contributed by atoms with Crippen LogP contribution in [0.25, 0.3) is 0 Å². The van der Waals surface area contributed by atoms with Crippen molar-refractivity contribution in [3.8, 4) is 0 Å². The Labute approximate surface area is 214 Å². The molecule has 18 nitrogen and oxygen atoms in total. The molecule has 11 N–H and O–H groups in total. The summed E-state index contributed by atoms with van der Waals surface area (Å²) in [6.45, 7) is -0.543. The number of amides is 1. The zero-order chi connectivity index (χ0) is 28.5. The maximum absolute atomic E-state index is 12.0. The molecule has 0 aliphatic carbocycles. The molecule has 18 heteroatoms. The van der Waals surface area contributed by atoms with Crippen molar-refractivity contribution in [3.05, 3.63) is 0 Å². The fraction of sp³-hybridized carbons (Fsp3) is 0.900. The minimum atomic E-state index is -2.13. The molecule has 220 valence electrons. The smallest absolute Gasteiger partial charge is 0.335 e. The van der Waals surface area contributed by atoms with Gasteiger partial charge in [0.2, 0.25) is 5.91 Å². The number of hydrogen-bond donors (Lipinski definition) is 11. The Bertz CT molecular complexity index is 816. The van der Waals surface area contributed by atoms with Gasteiger partial charge < -0.3 is 80.1 Å². The highest BCUT2D eigenvalue weighted by atomic mass is 16.7. The zero-order valence-corrected chi connectivity index (χ0v) is 19.9. The van der Waals surface area contributed by atoms with Gasteiger partial charge in [0.15, 0.2) is 25.0 Å². The summed E-state index contributed by atoms with van der Waals surface area (Å²) in [4.78, 5) is 23.6. The van der Waals surface area contributed by atoms with Gasteiger partial charge in [0.25, 0.3) is 0 Å². The molecule has 3 aliphatic rings. The summed E-state index contributed by atoms with van der Waals surface area (Å²) in [5.74, 6) is -2.44. The van der Waals surface area contributed by atoms with Gasteiger partial charge in [-0.15, -0.1) is 0 Å². The first-order valence-corrected chi connectivity index (χ1v) is 11.6. The molecular weight excluding hydrogens is 526 g/mol. The molecule has 3 fully saturated rings. The molecule has 0 aromatic carbocycles. The van der Waals surface area contributed by atoms with Gasteiger partial charge in [0, 0.05) is 6.92 Å². The Balaban J connectivity index is 1.81. The molecule has 3 rings (SSSR count). The topological polar surface area (TPSA) is 295 Å². The summed E-state index contributed by atoms with van der Waals surface area (Å²) >= 11 is 0. The summed E-state index contributed by atoms with van der Waals surface area (Å²) in [6.07, 6.45) is -25.8. The summed E-state index contributed by atoms with van der Waals surface area (Å²) in [5.41, 5.74) is 0. The van der Waals surface area contributed by atoms with Gasteiger partial charge in [-0.1, -0.05) is 0 Å². The molecular formula is C20H33NO17. The van der Waals surface area contributed by atoms with Gasteiger partial charge in [0.05, 0.1) is 13.2 Å². The highest BCUT2D eigenvalue weighted by Gasteiger charge is 2.55. The number of carbonyl (C=O) groups is 2.